The summed E-state index contributed by atoms with van der Waals surface area (Å²) in [5.74, 6) is -0.750. The van der Waals surface area contributed by atoms with Crippen molar-refractivity contribution in [2.24, 2.45) is 5.73 Å². The van der Waals surface area contributed by atoms with Gasteiger partial charge in [-0.15, -0.1) is 11.3 Å². The van der Waals surface area contributed by atoms with E-state index >= 15 is 0 Å². The van der Waals surface area contributed by atoms with E-state index in [0.29, 0.717) is 15.8 Å². The molecule has 0 saturated carbocycles. The number of amides is 1. The molecule has 2 N–H and O–H groups in total. The highest BCUT2D eigenvalue weighted by atomic mass is 32.1. The van der Waals surface area contributed by atoms with Gasteiger partial charge in [0.25, 0.3) is 11.2 Å². The lowest BCUT2D eigenvalue weighted by Gasteiger charge is -2.07. The fraction of sp³-hybridized carbons (Fsp3) is 0.188. The molecule has 25 heavy (non-hydrogen) atoms. The zero-order valence-electron chi connectivity index (χ0n) is 13.3. The second-order valence-corrected chi connectivity index (χ2v) is 6.54. The van der Waals surface area contributed by atoms with Crippen molar-refractivity contribution >= 4 is 33.1 Å². The van der Waals surface area contributed by atoms with Gasteiger partial charge in [-0.05, 0) is 24.6 Å². The molecule has 9 heteroatoms. The fourth-order valence-electron chi connectivity index (χ4n) is 2.50. The number of carbonyl (C=O) groups is 1. The van der Waals surface area contributed by atoms with E-state index in [1.807, 2.05) is 6.92 Å². The molecule has 0 aliphatic rings. The first-order valence-electron chi connectivity index (χ1n) is 7.45. The summed E-state index contributed by atoms with van der Waals surface area (Å²) in [6.07, 6.45) is 2.19. The topological polar surface area (TPSA) is 121 Å². The van der Waals surface area contributed by atoms with Crippen LogP contribution in [0.5, 0.6) is 0 Å². The van der Waals surface area contributed by atoms with Gasteiger partial charge in [-0.25, -0.2) is 4.98 Å². The number of benzene rings is 1. The van der Waals surface area contributed by atoms with Gasteiger partial charge in [0.05, 0.1) is 23.2 Å². The Hall–Kier alpha value is -3.07. The molecular weight excluding hydrogens is 344 g/mol. The number of fused-ring (bicyclic) bond motifs is 1. The summed E-state index contributed by atoms with van der Waals surface area (Å²) < 4.78 is 1.32. The maximum absolute atomic E-state index is 12.6. The number of nitrogens with two attached hydrogens (primary N) is 1. The SMILES string of the molecule is CCc1cc2c(=O)n(Cc3ccc(C(N)=O)cc3[N+](=O)[O-])cnc2s1. The predicted octanol–water partition coefficient (Wildman–Crippen LogP) is 2.08. The Balaban J connectivity index is 2.06. The van der Waals surface area contributed by atoms with Crippen molar-refractivity contribution in [3.05, 3.63) is 67.1 Å². The molecule has 3 aromatic rings. The minimum Gasteiger partial charge on any atom is -0.366 e. The van der Waals surface area contributed by atoms with Crippen LogP contribution in [0.4, 0.5) is 5.69 Å². The number of aryl methyl sites for hydroxylation is 1. The Morgan fingerprint density at radius 2 is 2.16 bits per heavy atom. The highest BCUT2D eigenvalue weighted by molar-refractivity contribution is 7.18. The van der Waals surface area contributed by atoms with E-state index in [9.17, 15) is 19.7 Å². The van der Waals surface area contributed by atoms with Crippen LogP contribution in [-0.2, 0) is 13.0 Å². The number of nitro benzene ring substituents is 1. The fourth-order valence-corrected chi connectivity index (χ4v) is 3.43. The Morgan fingerprint density at radius 1 is 1.40 bits per heavy atom. The van der Waals surface area contributed by atoms with Crippen LogP contribution < -0.4 is 11.3 Å². The maximum Gasteiger partial charge on any atom is 0.275 e. The van der Waals surface area contributed by atoms with E-state index in [4.69, 9.17) is 5.73 Å². The van der Waals surface area contributed by atoms with Gasteiger partial charge in [0, 0.05) is 22.1 Å². The van der Waals surface area contributed by atoms with Crippen LogP contribution in [-0.4, -0.2) is 20.4 Å². The molecule has 0 aliphatic carbocycles. The quantitative estimate of drug-likeness (QED) is 0.553. The van der Waals surface area contributed by atoms with Gasteiger partial charge in [-0.1, -0.05) is 6.92 Å². The number of hydrogen-bond acceptors (Lipinski definition) is 6. The zero-order valence-corrected chi connectivity index (χ0v) is 14.1. The van der Waals surface area contributed by atoms with Crippen LogP contribution in [0.1, 0.15) is 27.7 Å². The number of aromatic nitrogens is 2. The second kappa shape index (κ2) is 6.44. The summed E-state index contributed by atoms with van der Waals surface area (Å²) in [5.41, 5.74) is 4.98. The molecule has 1 aromatic carbocycles. The Bertz CT molecular complexity index is 1050. The molecule has 0 saturated heterocycles. The van der Waals surface area contributed by atoms with Gasteiger partial charge < -0.3 is 5.73 Å². The minimum absolute atomic E-state index is 0.0194. The van der Waals surface area contributed by atoms with E-state index in [1.54, 1.807) is 6.07 Å². The van der Waals surface area contributed by atoms with E-state index < -0.39 is 10.8 Å². The molecule has 0 atom stereocenters. The number of primary amides is 1. The average molecular weight is 358 g/mol. The third-order valence-electron chi connectivity index (χ3n) is 3.82. The molecule has 0 fully saturated rings. The molecule has 0 spiro atoms. The van der Waals surface area contributed by atoms with Gasteiger partial charge >= 0.3 is 0 Å². The molecule has 0 unspecified atom stereocenters. The molecular formula is C16H14N4O4S. The minimum atomic E-state index is -0.750. The van der Waals surface area contributed by atoms with Crippen molar-refractivity contribution in [3.8, 4) is 0 Å². The van der Waals surface area contributed by atoms with Crippen LogP contribution in [0.15, 0.2) is 35.4 Å². The monoisotopic (exact) mass is 358 g/mol. The Labute approximate surface area is 145 Å². The maximum atomic E-state index is 12.6. The van der Waals surface area contributed by atoms with Crippen molar-refractivity contribution in [1.29, 1.82) is 0 Å². The average Bonchev–Trinajstić information content (AvgIpc) is 3.01. The van der Waals surface area contributed by atoms with Gasteiger partial charge in [0.1, 0.15) is 4.83 Å². The van der Waals surface area contributed by atoms with Crippen LogP contribution in [0, 0.1) is 10.1 Å². The van der Waals surface area contributed by atoms with Crippen LogP contribution in [0.2, 0.25) is 0 Å². The third-order valence-corrected chi connectivity index (χ3v) is 5.01. The number of thiophene rings is 1. The summed E-state index contributed by atoms with van der Waals surface area (Å²) >= 11 is 1.46. The molecule has 128 valence electrons. The van der Waals surface area contributed by atoms with Crippen LogP contribution in [0.25, 0.3) is 10.2 Å². The zero-order chi connectivity index (χ0) is 18.1. The van der Waals surface area contributed by atoms with Crippen molar-refractivity contribution in [2.45, 2.75) is 19.9 Å². The number of nitro groups is 1. The molecule has 2 heterocycles. The van der Waals surface area contributed by atoms with E-state index in [1.165, 1.54) is 34.4 Å². The lowest BCUT2D eigenvalue weighted by molar-refractivity contribution is -0.385. The Morgan fingerprint density at radius 3 is 2.80 bits per heavy atom. The largest absolute Gasteiger partial charge is 0.366 e. The first kappa shape index (κ1) is 16.8. The first-order chi connectivity index (χ1) is 11.9. The van der Waals surface area contributed by atoms with Crippen molar-refractivity contribution in [1.82, 2.24) is 9.55 Å². The number of hydrogen-bond donors (Lipinski definition) is 1. The first-order valence-corrected chi connectivity index (χ1v) is 8.27. The van der Waals surface area contributed by atoms with Crippen LogP contribution in [0.3, 0.4) is 0 Å². The molecule has 8 nitrogen and oxygen atoms in total. The standard InChI is InChI=1S/C16H14N4O4S/c1-2-11-6-12-15(25-11)18-8-19(16(12)22)7-10-4-3-9(14(17)21)5-13(10)20(23)24/h3-6,8H,2,7H2,1H3,(H2,17,21). The summed E-state index contributed by atoms with van der Waals surface area (Å²) in [7, 11) is 0. The molecule has 0 bridgehead atoms. The molecule has 2 aromatic heterocycles. The van der Waals surface area contributed by atoms with Gasteiger partial charge in [0.15, 0.2) is 0 Å². The number of nitrogens with zero attached hydrogens (tertiary/aromatic N) is 3. The summed E-state index contributed by atoms with van der Waals surface area (Å²) in [6.45, 7) is 1.97. The van der Waals surface area contributed by atoms with E-state index in [2.05, 4.69) is 4.98 Å². The molecule has 3 rings (SSSR count). The van der Waals surface area contributed by atoms with E-state index in [0.717, 1.165) is 17.4 Å². The highest BCUT2D eigenvalue weighted by Gasteiger charge is 2.18. The van der Waals surface area contributed by atoms with Gasteiger partial charge in [-0.3, -0.25) is 24.3 Å². The summed E-state index contributed by atoms with van der Waals surface area (Å²) in [5, 5.41) is 11.8. The normalized spacial score (nSPS) is 10.9. The molecule has 1 amide bonds. The van der Waals surface area contributed by atoms with Gasteiger partial charge in [-0.2, -0.15) is 0 Å². The predicted molar refractivity (Wildman–Crippen MR) is 94.0 cm³/mol. The van der Waals surface area contributed by atoms with Gasteiger partial charge in [0.2, 0.25) is 5.91 Å². The number of rotatable bonds is 5. The summed E-state index contributed by atoms with van der Waals surface area (Å²) in [6, 6.07) is 5.76. The lowest BCUT2D eigenvalue weighted by Crippen LogP contribution is -2.21. The van der Waals surface area contributed by atoms with E-state index in [-0.39, 0.29) is 23.4 Å². The molecule has 0 aliphatic heterocycles. The van der Waals surface area contributed by atoms with Crippen LogP contribution >= 0.6 is 11.3 Å². The van der Waals surface area contributed by atoms with Crippen molar-refractivity contribution < 1.29 is 9.72 Å². The van der Waals surface area contributed by atoms with Crippen molar-refractivity contribution in [2.75, 3.05) is 0 Å². The smallest absolute Gasteiger partial charge is 0.275 e. The highest BCUT2D eigenvalue weighted by Crippen LogP contribution is 2.23. The second-order valence-electron chi connectivity index (χ2n) is 5.43. The number of carbonyl (C=O) groups excluding carboxylic acids is 1. The summed E-state index contributed by atoms with van der Waals surface area (Å²) in [4.78, 5) is 40.5. The molecule has 0 radical (unpaired) electrons. The Kier molecular flexibility index (Phi) is 4.32. The van der Waals surface area contributed by atoms with Crippen molar-refractivity contribution in [3.63, 3.8) is 0 Å². The third kappa shape index (κ3) is 3.13. The lowest BCUT2D eigenvalue weighted by atomic mass is 10.1.